The van der Waals surface area contributed by atoms with Gasteiger partial charge in [0.15, 0.2) is 0 Å². The van der Waals surface area contributed by atoms with Gasteiger partial charge in [0, 0.05) is 0 Å². The minimum absolute atomic E-state index is 0. The number of hydrogen-bond donors (Lipinski definition) is 0. The first-order valence-electron chi connectivity index (χ1n) is 12.1. The molecule has 0 aromatic heterocycles. The predicted molar refractivity (Wildman–Crippen MR) is 159 cm³/mol. The summed E-state index contributed by atoms with van der Waals surface area (Å²) < 4.78 is 0. The minimum atomic E-state index is -0.556. The van der Waals surface area contributed by atoms with Gasteiger partial charge in [-0.05, 0) is 66.0 Å². The first kappa shape index (κ1) is 27.5. The van der Waals surface area contributed by atoms with Crippen molar-refractivity contribution >= 4 is 29.4 Å². The molecule has 0 heterocycles. The van der Waals surface area contributed by atoms with E-state index in [0.717, 1.165) is 12.0 Å². The minimum Gasteiger partial charge on any atom is -0.693 e. The van der Waals surface area contributed by atoms with Gasteiger partial charge < -0.3 is 6.15 Å². The Morgan fingerprint density at radius 1 is 0.676 bits per heavy atom. The van der Waals surface area contributed by atoms with Crippen molar-refractivity contribution in [3.05, 3.63) is 131 Å². The largest absolute Gasteiger partial charge is 0.693 e. The van der Waals surface area contributed by atoms with E-state index in [1.165, 1.54) is 72.0 Å². The van der Waals surface area contributed by atoms with Crippen molar-refractivity contribution in [1.29, 1.82) is 0 Å². The van der Waals surface area contributed by atoms with Crippen molar-refractivity contribution in [2.24, 2.45) is 0 Å². The second kappa shape index (κ2) is 11.5. The van der Waals surface area contributed by atoms with Gasteiger partial charge in [0.1, 0.15) is 0 Å². The van der Waals surface area contributed by atoms with Crippen LogP contribution in [0.25, 0.3) is 50.3 Å². The summed E-state index contributed by atoms with van der Waals surface area (Å²) in [5.74, 6) is 0. The molecule has 0 amide bonds. The maximum absolute atomic E-state index is 4.89. The summed E-state index contributed by atoms with van der Waals surface area (Å²) in [5, 5.41) is 2.54. The third-order valence-corrected chi connectivity index (χ3v) is 7.63. The molecule has 0 fully saturated rings. The van der Waals surface area contributed by atoms with Crippen molar-refractivity contribution in [3.63, 3.8) is 0 Å². The van der Waals surface area contributed by atoms with Gasteiger partial charge in [0.05, 0.1) is 0 Å². The first-order chi connectivity index (χ1) is 17.5. The van der Waals surface area contributed by atoms with E-state index in [1.54, 1.807) is 0 Å². The third-order valence-electron chi connectivity index (χ3n) is 7.63. The van der Waals surface area contributed by atoms with Gasteiger partial charge >= 0.3 is 35.6 Å². The van der Waals surface area contributed by atoms with Gasteiger partial charge in [0.25, 0.3) is 0 Å². The van der Waals surface area contributed by atoms with E-state index in [4.69, 9.17) is 25.5 Å². The third kappa shape index (κ3) is 4.88. The number of benzene rings is 5. The topological polar surface area (TPSA) is 33.5 Å². The Morgan fingerprint density at radius 3 is 2.05 bits per heavy atom. The summed E-state index contributed by atoms with van der Waals surface area (Å²) >= 11 is -0.556. The summed E-state index contributed by atoms with van der Waals surface area (Å²) in [6.07, 6.45) is 0.978. The molecule has 0 radical (unpaired) electrons. The van der Waals surface area contributed by atoms with E-state index in [2.05, 4.69) is 106 Å². The van der Waals surface area contributed by atoms with Crippen LogP contribution in [0.4, 0.5) is 0 Å². The number of nitrogens with two attached hydrogens (primary N) is 1. The second-order valence-corrected chi connectivity index (χ2v) is 12.0. The fourth-order valence-electron chi connectivity index (χ4n) is 5.57. The van der Waals surface area contributed by atoms with Crippen LogP contribution in [0, 0.1) is 27.7 Å². The molecular formula is C33H29Cl2NTi-2. The van der Waals surface area contributed by atoms with Gasteiger partial charge in [-0.2, -0.15) is 12.5 Å². The summed E-state index contributed by atoms with van der Waals surface area (Å²) in [6.45, 7) is 11.4. The molecule has 5 aromatic rings. The van der Waals surface area contributed by atoms with Crippen molar-refractivity contribution < 1.29 is 17.0 Å². The van der Waals surface area contributed by atoms with Crippen molar-refractivity contribution in [3.8, 4) is 33.4 Å². The van der Waals surface area contributed by atoms with Crippen LogP contribution in [0.15, 0.2) is 84.9 Å². The molecule has 0 unspecified atom stereocenters. The summed E-state index contributed by atoms with van der Waals surface area (Å²) in [6, 6.07) is 31.2. The van der Waals surface area contributed by atoms with E-state index >= 15 is 0 Å². The van der Waals surface area contributed by atoms with Crippen LogP contribution < -0.4 is 0 Å². The SMILES string of the molecule is [CH2-]c1c(-c2cccc3c2Cc2ccccc2-3)cc2ccccc2c1-c1ccc(C)c(C)c1C.[Cl][Ti][Cl].[NH2-]. The predicted octanol–water partition coefficient (Wildman–Crippen LogP) is 10.9. The molecule has 4 heteroatoms. The molecule has 37 heavy (non-hydrogen) atoms. The molecule has 2 N–H and O–H groups in total. The van der Waals surface area contributed by atoms with E-state index < -0.39 is 17.0 Å². The molecule has 0 bridgehead atoms. The molecule has 0 saturated carbocycles. The first-order valence-corrected chi connectivity index (χ1v) is 16.4. The van der Waals surface area contributed by atoms with E-state index in [1.807, 2.05) is 0 Å². The molecular weight excluding hydrogens is 529 g/mol. The van der Waals surface area contributed by atoms with Gasteiger partial charge in [-0.25, -0.2) is 0 Å². The second-order valence-electron chi connectivity index (χ2n) is 9.42. The van der Waals surface area contributed by atoms with E-state index in [9.17, 15) is 0 Å². The number of aryl methyl sites for hydroxylation is 1. The number of halogens is 2. The summed E-state index contributed by atoms with van der Waals surface area (Å²) in [7, 11) is 9.78. The van der Waals surface area contributed by atoms with Crippen LogP contribution in [-0.2, 0) is 23.5 Å². The Kier molecular flexibility index (Phi) is 8.54. The van der Waals surface area contributed by atoms with Crippen molar-refractivity contribution in [1.82, 2.24) is 0 Å². The summed E-state index contributed by atoms with van der Waals surface area (Å²) in [5.41, 5.74) is 15.8. The Labute approximate surface area is 237 Å². The van der Waals surface area contributed by atoms with Crippen molar-refractivity contribution in [2.75, 3.05) is 0 Å². The van der Waals surface area contributed by atoms with Crippen molar-refractivity contribution in [2.45, 2.75) is 27.2 Å². The Balaban J connectivity index is 0.000000765. The Morgan fingerprint density at radius 2 is 1.30 bits per heavy atom. The molecule has 186 valence electrons. The normalized spacial score (nSPS) is 11.2. The van der Waals surface area contributed by atoms with Gasteiger partial charge in [-0.3, -0.25) is 0 Å². The zero-order valence-corrected chi connectivity index (χ0v) is 24.4. The maximum atomic E-state index is 4.89. The Bertz CT molecular complexity index is 1610. The number of fused-ring (bicyclic) bond motifs is 4. The fraction of sp³-hybridized carbons (Fsp3) is 0.121. The molecule has 6 rings (SSSR count). The standard InChI is InChI=1S/C33H27.2ClH.H2N.Ti/c1-20-16-17-26(22(3)21(20)2)33-23(4)31(18-25-11-6-8-13-28(25)33)30-15-9-14-29-27-12-7-5-10-24(27)19-32(29)30;;;;/h5-18H,4,19H2,1-3H3;2*1H;1H2;/q-1;;;-1;+2/p-2. The van der Waals surface area contributed by atoms with Crippen LogP contribution in [-0.4, -0.2) is 0 Å². The molecule has 1 nitrogen and oxygen atoms in total. The quantitative estimate of drug-likeness (QED) is 0.150. The van der Waals surface area contributed by atoms with Crippen LogP contribution in [0.3, 0.4) is 0 Å². The molecule has 0 aliphatic heterocycles. The molecule has 0 saturated heterocycles. The molecule has 1 aliphatic rings. The number of hydrogen-bond acceptors (Lipinski definition) is 0. The van der Waals surface area contributed by atoms with Gasteiger partial charge in [-0.1, -0.05) is 101 Å². The van der Waals surface area contributed by atoms with Crippen LogP contribution in [0.1, 0.15) is 33.4 Å². The van der Waals surface area contributed by atoms with E-state index in [0.29, 0.717) is 0 Å². The Hall–Kier alpha value is -2.52. The average molecular weight is 558 g/mol. The monoisotopic (exact) mass is 557 g/mol. The molecule has 0 atom stereocenters. The zero-order valence-electron chi connectivity index (χ0n) is 21.3. The van der Waals surface area contributed by atoms with Crippen LogP contribution in [0.2, 0.25) is 0 Å². The van der Waals surface area contributed by atoms with Crippen LogP contribution >= 0.6 is 18.6 Å². The van der Waals surface area contributed by atoms with Gasteiger partial charge in [0.2, 0.25) is 0 Å². The molecule has 0 spiro atoms. The van der Waals surface area contributed by atoms with Gasteiger partial charge in [-0.15, -0.1) is 17.2 Å². The molecule has 1 aliphatic carbocycles. The summed E-state index contributed by atoms with van der Waals surface area (Å²) in [4.78, 5) is 0. The van der Waals surface area contributed by atoms with E-state index in [-0.39, 0.29) is 6.15 Å². The maximum Gasteiger partial charge on any atom is -0.693 e. The zero-order chi connectivity index (χ0) is 25.4. The smallest absolute Gasteiger partial charge is 0.693 e. The van der Waals surface area contributed by atoms with Crippen LogP contribution in [0.5, 0.6) is 0 Å². The average Bonchev–Trinajstić information content (AvgIpc) is 3.27. The number of rotatable bonds is 2. The fourth-order valence-corrected chi connectivity index (χ4v) is 5.57. The molecule has 5 aromatic carbocycles.